The molecule has 2 heteroatoms. The minimum atomic E-state index is 0.317. The summed E-state index contributed by atoms with van der Waals surface area (Å²) in [6.45, 7) is 6.47. The van der Waals surface area contributed by atoms with Crippen LogP contribution in [0.1, 0.15) is 36.1 Å². The van der Waals surface area contributed by atoms with Crippen molar-refractivity contribution in [2.75, 3.05) is 11.9 Å². The van der Waals surface area contributed by atoms with E-state index in [-0.39, 0.29) is 0 Å². The number of benzene rings is 2. The summed E-state index contributed by atoms with van der Waals surface area (Å²) in [5, 5.41) is 9.43. The zero-order valence-electron chi connectivity index (χ0n) is 12.7. The highest BCUT2D eigenvalue weighted by atomic mass is 16.3. The zero-order valence-corrected chi connectivity index (χ0v) is 12.7. The lowest BCUT2D eigenvalue weighted by Gasteiger charge is -2.31. The first-order valence-electron chi connectivity index (χ1n) is 7.12. The van der Waals surface area contributed by atoms with Gasteiger partial charge in [0.2, 0.25) is 0 Å². The van der Waals surface area contributed by atoms with Crippen molar-refractivity contribution >= 4 is 5.69 Å². The molecule has 1 atom stereocenters. The molecule has 2 aromatic rings. The summed E-state index contributed by atoms with van der Waals surface area (Å²) in [4.78, 5) is 2.32. The van der Waals surface area contributed by atoms with E-state index in [2.05, 4.69) is 50.9 Å². The summed E-state index contributed by atoms with van der Waals surface area (Å²) >= 11 is 0. The van der Waals surface area contributed by atoms with Crippen LogP contribution in [0, 0.1) is 13.8 Å². The second-order valence-electron chi connectivity index (χ2n) is 5.42. The number of nitrogens with zero attached hydrogens (tertiary/aromatic N) is 1. The molecule has 106 valence electrons. The van der Waals surface area contributed by atoms with Gasteiger partial charge in [0.15, 0.2) is 0 Å². The Morgan fingerprint density at radius 2 is 1.70 bits per heavy atom. The molecule has 1 N–H and O–H groups in total. The molecule has 0 saturated heterocycles. The second kappa shape index (κ2) is 6.00. The van der Waals surface area contributed by atoms with E-state index in [0.29, 0.717) is 11.8 Å². The van der Waals surface area contributed by atoms with Crippen LogP contribution in [0.4, 0.5) is 5.69 Å². The summed E-state index contributed by atoms with van der Waals surface area (Å²) in [7, 11) is 2.14. The molecule has 20 heavy (non-hydrogen) atoms. The molecule has 0 saturated carbocycles. The topological polar surface area (TPSA) is 23.5 Å². The molecule has 0 bridgehead atoms. The molecular formula is C18H23NO. The Balaban J connectivity index is 2.33. The maximum absolute atomic E-state index is 9.43. The molecule has 0 aromatic heterocycles. The first-order chi connectivity index (χ1) is 9.52. The molecule has 0 spiro atoms. The molecule has 0 radical (unpaired) electrons. The van der Waals surface area contributed by atoms with Crippen LogP contribution in [-0.4, -0.2) is 12.2 Å². The second-order valence-corrected chi connectivity index (χ2v) is 5.42. The van der Waals surface area contributed by atoms with Gasteiger partial charge < -0.3 is 10.0 Å². The maximum Gasteiger partial charge on any atom is 0.115 e. The summed E-state index contributed by atoms with van der Waals surface area (Å²) in [5.41, 5.74) is 5.07. The van der Waals surface area contributed by atoms with Crippen molar-refractivity contribution in [1.82, 2.24) is 0 Å². The number of hydrogen-bond donors (Lipinski definition) is 1. The van der Waals surface area contributed by atoms with Gasteiger partial charge in [-0.3, -0.25) is 0 Å². The minimum absolute atomic E-state index is 0.317. The molecule has 0 aliphatic rings. The number of phenols is 1. The Labute approximate surface area is 121 Å². The van der Waals surface area contributed by atoms with Crippen LogP contribution in [0.2, 0.25) is 0 Å². The van der Waals surface area contributed by atoms with E-state index in [0.717, 1.165) is 6.42 Å². The van der Waals surface area contributed by atoms with Crippen molar-refractivity contribution < 1.29 is 5.11 Å². The number of aromatic hydroxyl groups is 1. The van der Waals surface area contributed by atoms with Gasteiger partial charge >= 0.3 is 0 Å². The minimum Gasteiger partial charge on any atom is -0.508 e. The van der Waals surface area contributed by atoms with Gasteiger partial charge in [-0.2, -0.15) is 0 Å². The zero-order chi connectivity index (χ0) is 14.7. The largest absolute Gasteiger partial charge is 0.508 e. The quantitative estimate of drug-likeness (QED) is 0.877. The van der Waals surface area contributed by atoms with E-state index >= 15 is 0 Å². The summed E-state index contributed by atoms with van der Waals surface area (Å²) in [6.07, 6.45) is 1.02. The molecule has 2 nitrogen and oxygen atoms in total. The van der Waals surface area contributed by atoms with E-state index in [9.17, 15) is 5.11 Å². The van der Waals surface area contributed by atoms with Gasteiger partial charge in [-0.1, -0.05) is 36.8 Å². The average Bonchev–Trinajstić information content (AvgIpc) is 2.41. The van der Waals surface area contributed by atoms with Crippen molar-refractivity contribution in [3.63, 3.8) is 0 Å². The number of aryl methyl sites for hydroxylation is 2. The van der Waals surface area contributed by atoms with E-state index in [1.165, 1.54) is 22.4 Å². The molecule has 1 unspecified atom stereocenters. The lowest BCUT2D eigenvalue weighted by molar-refractivity contribution is 0.474. The molecule has 2 rings (SSSR count). The van der Waals surface area contributed by atoms with Crippen LogP contribution < -0.4 is 4.90 Å². The van der Waals surface area contributed by atoms with Gasteiger partial charge in [-0.25, -0.2) is 0 Å². The Morgan fingerprint density at radius 3 is 2.25 bits per heavy atom. The van der Waals surface area contributed by atoms with Gasteiger partial charge in [-0.15, -0.1) is 0 Å². The van der Waals surface area contributed by atoms with Crippen molar-refractivity contribution in [2.45, 2.75) is 33.2 Å². The SMILES string of the molecule is CCC(c1ccc(O)cc1)N(C)c1ccc(C)cc1C. The predicted octanol–water partition coefficient (Wildman–Crippen LogP) is 4.60. The lowest BCUT2D eigenvalue weighted by Crippen LogP contribution is -2.24. The van der Waals surface area contributed by atoms with Crippen molar-refractivity contribution in [3.8, 4) is 5.75 Å². The highest BCUT2D eigenvalue weighted by Crippen LogP contribution is 2.31. The van der Waals surface area contributed by atoms with Gasteiger partial charge in [-0.05, 0) is 49.6 Å². The van der Waals surface area contributed by atoms with Crippen molar-refractivity contribution in [3.05, 3.63) is 59.2 Å². The van der Waals surface area contributed by atoms with E-state index in [4.69, 9.17) is 0 Å². The standard InChI is InChI=1S/C18H23NO/c1-5-17(15-7-9-16(20)10-8-15)19(4)18-11-6-13(2)12-14(18)3/h6-12,17,20H,5H2,1-4H3. The number of rotatable bonds is 4. The summed E-state index contributed by atoms with van der Waals surface area (Å²) in [5.74, 6) is 0.317. The van der Waals surface area contributed by atoms with Crippen molar-refractivity contribution in [2.24, 2.45) is 0 Å². The Bertz CT molecular complexity index is 574. The van der Waals surface area contributed by atoms with Crippen LogP contribution in [0.15, 0.2) is 42.5 Å². The fourth-order valence-corrected chi connectivity index (χ4v) is 2.80. The third-order valence-corrected chi connectivity index (χ3v) is 3.86. The van der Waals surface area contributed by atoms with Gasteiger partial charge in [0.1, 0.15) is 5.75 Å². The molecule has 0 heterocycles. The maximum atomic E-state index is 9.43. The van der Waals surface area contributed by atoms with Crippen LogP contribution in [0.5, 0.6) is 5.75 Å². The highest BCUT2D eigenvalue weighted by Gasteiger charge is 2.17. The van der Waals surface area contributed by atoms with E-state index in [1.807, 2.05) is 12.1 Å². The Kier molecular flexibility index (Phi) is 4.33. The smallest absolute Gasteiger partial charge is 0.115 e. The van der Waals surface area contributed by atoms with Crippen molar-refractivity contribution in [1.29, 1.82) is 0 Å². The van der Waals surface area contributed by atoms with Crippen LogP contribution in [-0.2, 0) is 0 Å². The summed E-state index contributed by atoms with van der Waals surface area (Å²) < 4.78 is 0. The van der Waals surface area contributed by atoms with Crippen LogP contribution in [0.3, 0.4) is 0 Å². The predicted molar refractivity (Wildman–Crippen MR) is 85.5 cm³/mol. The van der Waals surface area contributed by atoms with E-state index in [1.54, 1.807) is 12.1 Å². The lowest BCUT2D eigenvalue weighted by atomic mass is 10.0. The number of phenolic OH excluding ortho intramolecular Hbond substituents is 1. The van der Waals surface area contributed by atoms with E-state index < -0.39 is 0 Å². The highest BCUT2D eigenvalue weighted by molar-refractivity contribution is 5.55. The molecule has 0 aliphatic heterocycles. The van der Waals surface area contributed by atoms with Crippen LogP contribution in [0.25, 0.3) is 0 Å². The van der Waals surface area contributed by atoms with Gasteiger partial charge in [0.25, 0.3) is 0 Å². The Morgan fingerprint density at radius 1 is 1.05 bits per heavy atom. The third-order valence-electron chi connectivity index (χ3n) is 3.86. The molecule has 0 aliphatic carbocycles. The number of hydrogen-bond acceptors (Lipinski definition) is 2. The molecule has 0 amide bonds. The number of anilines is 1. The fourth-order valence-electron chi connectivity index (χ4n) is 2.80. The first kappa shape index (κ1) is 14.4. The molecule has 0 fully saturated rings. The first-order valence-corrected chi connectivity index (χ1v) is 7.12. The normalized spacial score (nSPS) is 12.2. The monoisotopic (exact) mass is 269 g/mol. The Hall–Kier alpha value is -1.96. The van der Waals surface area contributed by atoms with Gasteiger partial charge in [0, 0.05) is 12.7 Å². The summed E-state index contributed by atoms with van der Waals surface area (Å²) in [6, 6.07) is 14.4. The fraction of sp³-hybridized carbons (Fsp3) is 0.333. The third kappa shape index (κ3) is 2.96. The average molecular weight is 269 g/mol. The molecular weight excluding hydrogens is 246 g/mol. The van der Waals surface area contributed by atoms with Crippen LogP contribution >= 0.6 is 0 Å². The van der Waals surface area contributed by atoms with Gasteiger partial charge in [0.05, 0.1) is 6.04 Å². The molecule has 2 aromatic carbocycles.